The second kappa shape index (κ2) is 4.53. The molecule has 0 radical (unpaired) electrons. The predicted molar refractivity (Wildman–Crippen MR) is 81.2 cm³/mol. The number of hydrogen-bond donors (Lipinski definition) is 1. The smallest absolute Gasteiger partial charge is 0.182 e. The van der Waals surface area contributed by atoms with E-state index in [1.54, 1.807) is 0 Å². The van der Waals surface area contributed by atoms with E-state index in [1.165, 1.54) is 0 Å². The zero-order chi connectivity index (χ0) is 12.7. The van der Waals surface area contributed by atoms with E-state index in [2.05, 4.69) is 20.9 Å². The molecule has 1 N–H and O–H groups in total. The molecular formula is C13H8BrClN2S. The quantitative estimate of drug-likeness (QED) is 0.611. The lowest BCUT2D eigenvalue weighted by Gasteiger charge is -2.08. The van der Waals surface area contributed by atoms with Crippen LogP contribution >= 0.6 is 39.7 Å². The van der Waals surface area contributed by atoms with Crippen LogP contribution in [0, 0.1) is 4.77 Å². The van der Waals surface area contributed by atoms with Gasteiger partial charge < -0.3 is 4.98 Å². The van der Waals surface area contributed by atoms with Crippen molar-refractivity contribution in [3.05, 3.63) is 56.7 Å². The SMILES string of the molecule is S=c1[nH]c2ccccc2n1-c1cccc(Cl)c1Br. The standard InChI is InChI=1S/C13H8BrClN2S/c14-12-8(15)4-3-7-11(12)17-10-6-2-1-5-9(10)16-13(17)18/h1-7H,(H,16,18). The van der Waals surface area contributed by atoms with Gasteiger partial charge in [-0.25, -0.2) is 0 Å². The van der Waals surface area contributed by atoms with E-state index in [-0.39, 0.29) is 0 Å². The molecule has 3 rings (SSSR count). The zero-order valence-corrected chi connectivity index (χ0v) is 12.3. The molecule has 0 unspecified atom stereocenters. The summed E-state index contributed by atoms with van der Waals surface area (Å²) in [6.07, 6.45) is 0. The van der Waals surface area contributed by atoms with Gasteiger partial charge in [0.25, 0.3) is 0 Å². The highest BCUT2D eigenvalue weighted by Crippen LogP contribution is 2.31. The number of fused-ring (bicyclic) bond motifs is 1. The Labute approximate surface area is 122 Å². The number of H-pyrrole nitrogens is 1. The lowest BCUT2D eigenvalue weighted by atomic mass is 10.3. The fourth-order valence-corrected chi connectivity index (χ4v) is 2.88. The van der Waals surface area contributed by atoms with Crippen molar-refractivity contribution >= 4 is 50.8 Å². The van der Waals surface area contributed by atoms with E-state index in [1.807, 2.05) is 47.0 Å². The summed E-state index contributed by atoms with van der Waals surface area (Å²) >= 11 is 15.0. The monoisotopic (exact) mass is 338 g/mol. The second-order valence-electron chi connectivity index (χ2n) is 3.86. The molecule has 1 aromatic heterocycles. The van der Waals surface area contributed by atoms with E-state index in [0.717, 1.165) is 21.2 Å². The minimum Gasteiger partial charge on any atom is -0.330 e. The number of nitrogens with one attached hydrogen (secondary N) is 1. The lowest BCUT2D eigenvalue weighted by molar-refractivity contribution is 1.06. The summed E-state index contributed by atoms with van der Waals surface area (Å²) in [5.41, 5.74) is 2.98. The van der Waals surface area contributed by atoms with E-state index >= 15 is 0 Å². The van der Waals surface area contributed by atoms with E-state index < -0.39 is 0 Å². The molecule has 0 aliphatic carbocycles. The largest absolute Gasteiger partial charge is 0.330 e. The highest BCUT2D eigenvalue weighted by Gasteiger charge is 2.10. The lowest BCUT2D eigenvalue weighted by Crippen LogP contribution is -1.95. The van der Waals surface area contributed by atoms with E-state index in [0.29, 0.717) is 9.79 Å². The Kier molecular flexibility index (Phi) is 3.01. The molecule has 0 amide bonds. The molecule has 1 heterocycles. The molecule has 5 heteroatoms. The van der Waals surface area contributed by atoms with Crippen LogP contribution in [0.3, 0.4) is 0 Å². The number of para-hydroxylation sites is 2. The molecule has 18 heavy (non-hydrogen) atoms. The highest BCUT2D eigenvalue weighted by molar-refractivity contribution is 9.10. The van der Waals surface area contributed by atoms with Gasteiger partial charge in [-0.1, -0.05) is 29.8 Å². The van der Waals surface area contributed by atoms with Gasteiger partial charge in [0.2, 0.25) is 0 Å². The van der Waals surface area contributed by atoms with Crippen molar-refractivity contribution < 1.29 is 0 Å². The van der Waals surface area contributed by atoms with Crippen molar-refractivity contribution in [3.63, 3.8) is 0 Å². The second-order valence-corrected chi connectivity index (χ2v) is 5.44. The van der Waals surface area contributed by atoms with Crippen LogP contribution in [0.4, 0.5) is 0 Å². The summed E-state index contributed by atoms with van der Waals surface area (Å²) in [5, 5.41) is 0.666. The maximum absolute atomic E-state index is 6.13. The van der Waals surface area contributed by atoms with E-state index in [4.69, 9.17) is 23.8 Å². The summed E-state index contributed by atoms with van der Waals surface area (Å²) in [6, 6.07) is 13.7. The third-order valence-corrected chi connectivity index (χ3v) is 4.42. The van der Waals surface area contributed by atoms with E-state index in [9.17, 15) is 0 Å². The third-order valence-electron chi connectivity index (χ3n) is 2.76. The van der Waals surface area contributed by atoms with Crippen LogP contribution < -0.4 is 0 Å². The van der Waals surface area contributed by atoms with Crippen molar-refractivity contribution in [1.29, 1.82) is 0 Å². The Morgan fingerprint density at radius 3 is 2.72 bits per heavy atom. The average Bonchev–Trinajstić information content (AvgIpc) is 2.69. The Morgan fingerprint density at radius 1 is 1.11 bits per heavy atom. The molecule has 0 fully saturated rings. The number of imidazole rings is 1. The van der Waals surface area contributed by atoms with Crippen molar-refractivity contribution in [2.24, 2.45) is 0 Å². The topological polar surface area (TPSA) is 20.7 Å². The first kappa shape index (κ1) is 12.0. The molecule has 90 valence electrons. The first-order chi connectivity index (χ1) is 8.68. The van der Waals surface area contributed by atoms with Gasteiger partial charge in [-0.3, -0.25) is 4.57 Å². The van der Waals surface area contributed by atoms with Gasteiger partial charge in [-0.05, 0) is 52.4 Å². The Balaban J connectivity index is 2.42. The minimum absolute atomic E-state index is 0.652. The number of rotatable bonds is 1. The maximum atomic E-state index is 6.13. The third kappa shape index (κ3) is 1.81. The number of aromatic nitrogens is 2. The molecule has 0 spiro atoms. The van der Waals surface area contributed by atoms with Gasteiger partial charge >= 0.3 is 0 Å². The van der Waals surface area contributed by atoms with Crippen LogP contribution in [0.1, 0.15) is 0 Å². The molecule has 0 atom stereocenters. The Hall–Kier alpha value is -1.10. The van der Waals surface area contributed by atoms with Gasteiger partial charge in [0.15, 0.2) is 4.77 Å². The molecule has 0 aliphatic rings. The Morgan fingerprint density at radius 2 is 1.89 bits per heavy atom. The summed E-state index contributed by atoms with van der Waals surface area (Å²) in [7, 11) is 0. The molecule has 2 aromatic carbocycles. The maximum Gasteiger partial charge on any atom is 0.182 e. The van der Waals surface area contributed by atoms with Crippen LogP contribution in [0.25, 0.3) is 16.7 Å². The zero-order valence-electron chi connectivity index (χ0n) is 9.15. The average molecular weight is 340 g/mol. The number of nitrogens with zero attached hydrogens (tertiary/aromatic N) is 1. The molecule has 0 saturated heterocycles. The molecule has 0 saturated carbocycles. The van der Waals surface area contributed by atoms with Crippen molar-refractivity contribution in [1.82, 2.24) is 9.55 Å². The van der Waals surface area contributed by atoms with Crippen molar-refractivity contribution in [2.75, 3.05) is 0 Å². The number of benzene rings is 2. The molecule has 0 aliphatic heterocycles. The Bertz CT molecular complexity index is 791. The summed E-state index contributed by atoms with van der Waals surface area (Å²) in [4.78, 5) is 3.19. The summed E-state index contributed by atoms with van der Waals surface area (Å²) in [5.74, 6) is 0. The van der Waals surface area contributed by atoms with Crippen LogP contribution in [-0.2, 0) is 0 Å². The normalized spacial score (nSPS) is 11.0. The van der Waals surface area contributed by atoms with Crippen LogP contribution in [0.2, 0.25) is 5.02 Å². The van der Waals surface area contributed by atoms with Crippen molar-refractivity contribution in [2.45, 2.75) is 0 Å². The van der Waals surface area contributed by atoms with Crippen LogP contribution in [-0.4, -0.2) is 9.55 Å². The van der Waals surface area contributed by atoms with Gasteiger partial charge in [0, 0.05) is 0 Å². The first-order valence-electron chi connectivity index (χ1n) is 5.32. The molecule has 0 bridgehead atoms. The molecule has 2 nitrogen and oxygen atoms in total. The van der Waals surface area contributed by atoms with Gasteiger partial charge in [-0.2, -0.15) is 0 Å². The predicted octanol–water partition coefficient (Wildman–Crippen LogP) is 5.10. The van der Waals surface area contributed by atoms with Gasteiger partial charge in [-0.15, -0.1) is 0 Å². The number of aromatic amines is 1. The number of hydrogen-bond acceptors (Lipinski definition) is 1. The molecule has 3 aromatic rings. The fourth-order valence-electron chi connectivity index (χ4n) is 1.96. The number of halogens is 2. The molecular weight excluding hydrogens is 332 g/mol. The summed E-state index contributed by atoms with van der Waals surface area (Å²) in [6.45, 7) is 0. The first-order valence-corrected chi connectivity index (χ1v) is 6.90. The van der Waals surface area contributed by atoms with Crippen LogP contribution in [0.15, 0.2) is 46.9 Å². The van der Waals surface area contributed by atoms with Gasteiger partial charge in [0.05, 0.1) is 26.2 Å². The fraction of sp³-hybridized carbons (Fsp3) is 0. The van der Waals surface area contributed by atoms with Crippen molar-refractivity contribution in [3.8, 4) is 5.69 Å². The summed E-state index contributed by atoms with van der Waals surface area (Å²) < 4.78 is 3.47. The van der Waals surface area contributed by atoms with Gasteiger partial charge in [0.1, 0.15) is 0 Å². The minimum atomic E-state index is 0.652. The van der Waals surface area contributed by atoms with Crippen LogP contribution in [0.5, 0.6) is 0 Å². The highest BCUT2D eigenvalue weighted by atomic mass is 79.9.